The molecular formula is C16H25Cl2CrSi. The SMILES string of the molecule is C[SiH]C.Cc1ccc[c-]1C.Cc1ccc[c-]1C.[Cl-].[Cl-].[Cr+4]. The van der Waals surface area contributed by atoms with Gasteiger partial charge in [0, 0.05) is 9.52 Å². The fourth-order valence-electron chi connectivity index (χ4n) is 1.20. The topological polar surface area (TPSA) is 0 Å². The first kappa shape index (κ1) is 28.2. The van der Waals surface area contributed by atoms with E-state index in [1.807, 2.05) is 0 Å². The number of hydrogen-bond acceptors (Lipinski definition) is 0. The maximum absolute atomic E-state index is 2.21. The summed E-state index contributed by atoms with van der Waals surface area (Å²) in [6, 6.07) is 12.6. The molecule has 0 fully saturated rings. The van der Waals surface area contributed by atoms with Crippen molar-refractivity contribution in [1.82, 2.24) is 0 Å². The van der Waals surface area contributed by atoms with E-state index in [4.69, 9.17) is 0 Å². The van der Waals surface area contributed by atoms with E-state index in [0.717, 1.165) is 9.52 Å². The van der Waals surface area contributed by atoms with E-state index < -0.39 is 0 Å². The second-order valence-corrected chi connectivity index (χ2v) is 5.52. The zero-order valence-electron chi connectivity index (χ0n) is 13.2. The molecule has 0 aliphatic rings. The Hall–Kier alpha value is 0.0294. The van der Waals surface area contributed by atoms with Gasteiger partial charge in [-0.05, 0) is 0 Å². The largest absolute Gasteiger partial charge is 4.00 e. The summed E-state index contributed by atoms with van der Waals surface area (Å²) in [5.41, 5.74) is 5.56. The van der Waals surface area contributed by atoms with Crippen LogP contribution in [0.1, 0.15) is 22.3 Å². The van der Waals surface area contributed by atoms with Gasteiger partial charge in [-0.25, -0.2) is 24.3 Å². The van der Waals surface area contributed by atoms with E-state index in [1.54, 1.807) is 0 Å². The molecule has 0 aromatic heterocycles. The third-order valence-electron chi connectivity index (χ3n) is 2.63. The molecule has 1 radical (unpaired) electrons. The Morgan fingerprint density at radius 2 is 1.05 bits per heavy atom. The maximum atomic E-state index is 2.21. The molecular weight excluding hydrogens is 343 g/mol. The summed E-state index contributed by atoms with van der Waals surface area (Å²) in [5.74, 6) is 0. The van der Waals surface area contributed by atoms with Gasteiger partial charge < -0.3 is 24.8 Å². The van der Waals surface area contributed by atoms with Crippen molar-refractivity contribution in [2.24, 2.45) is 0 Å². The van der Waals surface area contributed by atoms with Crippen molar-refractivity contribution in [3.8, 4) is 0 Å². The molecule has 0 saturated carbocycles. The van der Waals surface area contributed by atoms with Crippen LogP contribution in [0.15, 0.2) is 36.4 Å². The first-order chi connectivity index (χ1) is 8.02. The number of hydrogen-bond donors (Lipinski definition) is 0. The second kappa shape index (κ2) is 17.1. The molecule has 20 heavy (non-hydrogen) atoms. The standard InChI is InChI=1S/2C7H9.C2H7Si.2ClH.Cr/c2*1-6-4-3-5-7(6)2;1-3-2;;;/h2*3-5H,1-2H3;3H,1-2H3;2*1H;/q2*-1;;;;+4/p-2. The molecule has 0 atom stereocenters. The van der Waals surface area contributed by atoms with E-state index in [0.29, 0.717) is 0 Å². The van der Waals surface area contributed by atoms with E-state index in [9.17, 15) is 0 Å². The molecule has 0 amide bonds. The Morgan fingerprint density at radius 3 is 1.10 bits per heavy atom. The van der Waals surface area contributed by atoms with Gasteiger partial charge in [0.1, 0.15) is 0 Å². The molecule has 113 valence electrons. The van der Waals surface area contributed by atoms with Crippen molar-refractivity contribution < 1.29 is 42.2 Å². The quantitative estimate of drug-likeness (QED) is 0.395. The molecule has 0 unspecified atom stereocenters. The third-order valence-corrected chi connectivity index (χ3v) is 2.63. The summed E-state index contributed by atoms with van der Waals surface area (Å²) >= 11 is 0. The Labute approximate surface area is 150 Å². The summed E-state index contributed by atoms with van der Waals surface area (Å²) in [6.07, 6.45) is 0. The summed E-state index contributed by atoms with van der Waals surface area (Å²) in [7, 11) is 0.750. The molecule has 2 aromatic carbocycles. The minimum atomic E-state index is 0. The Morgan fingerprint density at radius 1 is 0.800 bits per heavy atom. The van der Waals surface area contributed by atoms with Crippen molar-refractivity contribution in [1.29, 1.82) is 0 Å². The maximum Gasteiger partial charge on any atom is 4.00 e. The first-order valence-electron chi connectivity index (χ1n) is 6.14. The summed E-state index contributed by atoms with van der Waals surface area (Å²) in [5, 5.41) is 0. The van der Waals surface area contributed by atoms with Gasteiger partial charge in [-0.15, -0.1) is 0 Å². The van der Waals surface area contributed by atoms with Crippen LogP contribution < -0.4 is 24.8 Å². The van der Waals surface area contributed by atoms with Gasteiger partial charge in [0.05, 0.1) is 0 Å². The van der Waals surface area contributed by atoms with E-state index in [2.05, 4.69) is 77.2 Å². The first-order valence-corrected chi connectivity index (χ1v) is 8.45. The number of rotatable bonds is 0. The minimum Gasteiger partial charge on any atom is -1.00 e. The summed E-state index contributed by atoms with van der Waals surface area (Å²) < 4.78 is 0. The molecule has 0 spiro atoms. The van der Waals surface area contributed by atoms with E-state index >= 15 is 0 Å². The van der Waals surface area contributed by atoms with Crippen LogP contribution >= 0.6 is 0 Å². The van der Waals surface area contributed by atoms with Crippen LogP contribution in [0.2, 0.25) is 13.1 Å². The Balaban J connectivity index is -0.0000000956. The zero-order valence-corrected chi connectivity index (χ0v) is 17.1. The molecule has 2 aromatic rings. The van der Waals surface area contributed by atoms with Crippen molar-refractivity contribution >= 4 is 9.52 Å². The molecule has 0 aliphatic heterocycles. The van der Waals surface area contributed by atoms with Crippen molar-refractivity contribution in [2.45, 2.75) is 40.8 Å². The van der Waals surface area contributed by atoms with Gasteiger partial charge >= 0.3 is 17.4 Å². The molecule has 0 saturated heterocycles. The molecule has 0 heterocycles. The fourth-order valence-corrected chi connectivity index (χ4v) is 1.20. The predicted molar refractivity (Wildman–Crippen MR) is 81.9 cm³/mol. The Bertz CT molecular complexity index is 337. The van der Waals surface area contributed by atoms with Crippen LogP contribution in [0.3, 0.4) is 0 Å². The van der Waals surface area contributed by atoms with Crippen molar-refractivity contribution in [2.75, 3.05) is 0 Å². The monoisotopic (exact) mass is 367 g/mol. The Kier molecular flexibility index (Phi) is 24.1. The van der Waals surface area contributed by atoms with Crippen molar-refractivity contribution in [3.63, 3.8) is 0 Å². The van der Waals surface area contributed by atoms with Crippen LogP contribution in [0, 0.1) is 27.7 Å². The molecule has 2 rings (SSSR count). The second-order valence-electron chi connectivity index (χ2n) is 4.36. The zero-order chi connectivity index (χ0) is 13.3. The van der Waals surface area contributed by atoms with Crippen LogP contribution in [0.4, 0.5) is 0 Å². The van der Waals surface area contributed by atoms with Gasteiger partial charge in [-0.2, -0.15) is 34.4 Å². The number of halogens is 2. The molecule has 0 aliphatic carbocycles. The number of aryl methyl sites for hydroxylation is 4. The molecule has 0 bridgehead atoms. The van der Waals surface area contributed by atoms with Crippen LogP contribution in [0.5, 0.6) is 0 Å². The van der Waals surface area contributed by atoms with E-state index in [1.165, 1.54) is 22.3 Å². The molecule has 0 N–H and O–H groups in total. The summed E-state index contributed by atoms with van der Waals surface area (Å²) in [4.78, 5) is 0. The van der Waals surface area contributed by atoms with E-state index in [-0.39, 0.29) is 42.2 Å². The molecule has 0 nitrogen and oxygen atoms in total. The van der Waals surface area contributed by atoms with Crippen LogP contribution in [-0.2, 0) is 17.4 Å². The van der Waals surface area contributed by atoms with Gasteiger partial charge in [-0.3, -0.25) is 0 Å². The predicted octanol–water partition coefficient (Wildman–Crippen LogP) is -1.43. The van der Waals surface area contributed by atoms with Gasteiger partial charge in [-0.1, -0.05) is 40.8 Å². The normalized spacial score (nSPS) is 7.50. The third kappa shape index (κ3) is 13.0. The van der Waals surface area contributed by atoms with Gasteiger partial charge in [0.25, 0.3) is 0 Å². The average Bonchev–Trinajstić information content (AvgIpc) is 2.81. The smallest absolute Gasteiger partial charge is 1.00 e. The minimum absolute atomic E-state index is 0. The fraction of sp³-hybridized carbons (Fsp3) is 0.375. The molecule has 4 heteroatoms. The van der Waals surface area contributed by atoms with Crippen LogP contribution in [0.25, 0.3) is 0 Å². The van der Waals surface area contributed by atoms with Gasteiger partial charge in [0.2, 0.25) is 0 Å². The summed E-state index contributed by atoms with van der Waals surface area (Å²) in [6.45, 7) is 12.9. The van der Waals surface area contributed by atoms with Crippen LogP contribution in [-0.4, -0.2) is 9.52 Å². The average molecular weight is 368 g/mol. The van der Waals surface area contributed by atoms with Gasteiger partial charge in [0.15, 0.2) is 0 Å². The van der Waals surface area contributed by atoms with Crippen molar-refractivity contribution in [3.05, 3.63) is 58.7 Å².